The number of hydrogen-bond acceptors (Lipinski definition) is 3. The van der Waals surface area contributed by atoms with Gasteiger partial charge in [0.05, 0.1) is 18.8 Å². The first kappa shape index (κ1) is 21.5. The second kappa shape index (κ2) is 7.77. The van der Waals surface area contributed by atoms with Gasteiger partial charge in [0, 0.05) is 42.8 Å². The van der Waals surface area contributed by atoms with Crippen LogP contribution in [-0.2, 0) is 23.4 Å². The average molecular weight is 453 g/mol. The highest BCUT2D eigenvalue weighted by atomic mass is 35.5. The average Bonchev–Trinajstić information content (AvgIpc) is 3.44. The minimum absolute atomic E-state index is 0.0156. The normalized spacial score (nSPS) is 20.4. The lowest BCUT2D eigenvalue weighted by molar-refractivity contribution is -0.0465. The molecular formula is C21H20ClF3N4O2. The standard InChI is InChI=1S/C21H20ClF3N4O2/c1-20(24,25)21(6-5-12-3-4-12)15-9-16(23)13(7-17(15)26-19(30)27-21)10-29-18(22)8-14(28-29)11-31-2/h7-9,12H,3-4,10-11H2,1-2H3,(H2,26,27,30)/t21-/m0/s1. The van der Waals surface area contributed by atoms with Crippen molar-refractivity contribution in [2.75, 3.05) is 12.4 Å². The number of urea groups is 1. The molecule has 1 fully saturated rings. The number of benzene rings is 1. The van der Waals surface area contributed by atoms with Crippen LogP contribution >= 0.6 is 11.6 Å². The third kappa shape index (κ3) is 4.10. The lowest BCUT2D eigenvalue weighted by Crippen LogP contribution is -2.59. The number of fused-ring (bicyclic) bond motifs is 1. The Kier molecular flexibility index (Phi) is 5.40. The number of aromatic nitrogens is 2. The lowest BCUT2D eigenvalue weighted by atomic mass is 9.81. The Morgan fingerprint density at radius 3 is 2.77 bits per heavy atom. The van der Waals surface area contributed by atoms with Crippen molar-refractivity contribution in [3.63, 3.8) is 0 Å². The van der Waals surface area contributed by atoms with E-state index in [-0.39, 0.29) is 41.0 Å². The van der Waals surface area contributed by atoms with Gasteiger partial charge < -0.3 is 15.4 Å². The van der Waals surface area contributed by atoms with Gasteiger partial charge in [-0.15, -0.1) is 0 Å². The molecule has 1 aromatic heterocycles. The van der Waals surface area contributed by atoms with Crippen molar-refractivity contribution in [3.05, 3.63) is 46.0 Å². The van der Waals surface area contributed by atoms with E-state index in [1.807, 2.05) is 0 Å². The Bertz CT molecular complexity index is 1100. The van der Waals surface area contributed by atoms with Crippen molar-refractivity contribution < 1.29 is 22.7 Å². The van der Waals surface area contributed by atoms with Gasteiger partial charge in [0.2, 0.25) is 0 Å². The number of halogens is 4. The molecule has 10 heteroatoms. The van der Waals surface area contributed by atoms with Gasteiger partial charge in [-0.2, -0.15) is 5.10 Å². The van der Waals surface area contributed by atoms with Crippen LogP contribution < -0.4 is 10.6 Å². The summed E-state index contributed by atoms with van der Waals surface area (Å²) in [4.78, 5) is 12.3. The van der Waals surface area contributed by atoms with Crippen LogP contribution in [0.3, 0.4) is 0 Å². The monoisotopic (exact) mass is 452 g/mol. The number of carbonyl (C=O) groups excluding carboxylic acids is 1. The summed E-state index contributed by atoms with van der Waals surface area (Å²) in [6.45, 7) is 0.833. The van der Waals surface area contributed by atoms with Crippen molar-refractivity contribution >= 4 is 23.3 Å². The minimum atomic E-state index is -3.46. The topological polar surface area (TPSA) is 68.2 Å². The summed E-state index contributed by atoms with van der Waals surface area (Å²) < 4.78 is 51.0. The van der Waals surface area contributed by atoms with E-state index in [0.717, 1.165) is 18.9 Å². The molecule has 0 bridgehead atoms. The van der Waals surface area contributed by atoms with Crippen molar-refractivity contribution in [2.45, 2.75) is 44.4 Å². The Morgan fingerprint density at radius 1 is 1.39 bits per heavy atom. The van der Waals surface area contributed by atoms with Crippen molar-refractivity contribution in [3.8, 4) is 11.8 Å². The summed E-state index contributed by atoms with van der Waals surface area (Å²) in [6.07, 6.45) is 1.64. The first-order valence-electron chi connectivity index (χ1n) is 9.66. The minimum Gasteiger partial charge on any atom is -0.378 e. The first-order chi connectivity index (χ1) is 14.6. The Labute approximate surface area is 182 Å². The molecule has 0 unspecified atom stereocenters. The molecular weight excluding hydrogens is 433 g/mol. The molecule has 31 heavy (non-hydrogen) atoms. The fraction of sp³-hybridized carbons (Fsp3) is 0.429. The number of amides is 2. The fourth-order valence-corrected chi connectivity index (χ4v) is 3.69. The molecule has 1 atom stereocenters. The van der Waals surface area contributed by atoms with E-state index in [0.29, 0.717) is 12.6 Å². The molecule has 1 aliphatic carbocycles. The highest BCUT2D eigenvalue weighted by molar-refractivity contribution is 6.29. The van der Waals surface area contributed by atoms with Crippen molar-refractivity contribution in [1.82, 2.24) is 15.1 Å². The second-order valence-electron chi connectivity index (χ2n) is 7.80. The van der Waals surface area contributed by atoms with E-state index in [4.69, 9.17) is 16.3 Å². The first-order valence-corrected chi connectivity index (χ1v) is 10.0. The van der Waals surface area contributed by atoms with Gasteiger partial charge in [-0.05, 0) is 25.0 Å². The Hall–Kier alpha value is -2.70. The molecule has 2 aromatic rings. The van der Waals surface area contributed by atoms with Crippen LogP contribution in [0, 0.1) is 23.6 Å². The predicted molar refractivity (Wildman–Crippen MR) is 108 cm³/mol. The maximum Gasteiger partial charge on any atom is 0.320 e. The number of alkyl halides is 2. The van der Waals surface area contributed by atoms with Crippen LogP contribution in [0.25, 0.3) is 0 Å². The van der Waals surface area contributed by atoms with Gasteiger partial charge in [0.15, 0.2) is 5.54 Å². The van der Waals surface area contributed by atoms with E-state index in [2.05, 4.69) is 27.6 Å². The highest BCUT2D eigenvalue weighted by Gasteiger charge is 2.55. The molecule has 4 rings (SSSR count). The third-order valence-electron chi connectivity index (χ3n) is 5.23. The molecule has 1 aliphatic heterocycles. The Morgan fingerprint density at radius 2 is 2.13 bits per heavy atom. The third-order valence-corrected chi connectivity index (χ3v) is 5.54. The maximum atomic E-state index is 15.0. The van der Waals surface area contributed by atoms with E-state index >= 15 is 4.39 Å². The number of methoxy groups -OCH3 is 1. The summed E-state index contributed by atoms with van der Waals surface area (Å²) >= 11 is 6.16. The largest absolute Gasteiger partial charge is 0.378 e. The predicted octanol–water partition coefficient (Wildman–Crippen LogP) is 4.27. The molecule has 2 aliphatic rings. The molecule has 2 heterocycles. The van der Waals surface area contributed by atoms with Crippen LogP contribution in [0.1, 0.15) is 36.6 Å². The van der Waals surface area contributed by atoms with Crippen LogP contribution in [0.2, 0.25) is 5.15 Å². The quantitative estimate of drug-likeness (QED) is 0.666. The molecule has 0 spiro atoms. The number of nitrogens with zero attached hydrogens (tertiary/aromatic N) is 2. The molecule has 0 saturated heterocycles. The zero-order valence-corrected chi connectivity index (χ0v) is 17.6. The summed E-state index contributed by atoms with van der Waals surface area (Å²) in [5.74, 6) is 1.16. The molecule has 6 nitrogen and oxygen atoms in total. The molecule has 1 saturated carbocycles. The molecule has 164 valence electrons. The highest BCUT2D eigenvalue weighted by Crippen LogP contribution is 2.44. The number of ether oxygens (including phenoxy) is 1. The fourth-order valence-electron chi connectivity index (χ4n) is 3.47. The number of rotatable bonds is 5. The summed E-state index contributed by atoms with van der Waals surface area (Å²) in [5.41, 5.74) is -1.71. The summed E-state index contributed by atoms with van der Waals surface area (Å²) in [6, 6.07) is 3.06. The maximum absolute atomic E-state index is 15.0. The zero-order valence-electron chi connectivity index (χ0n) is 16.9. The number of hydrogen-bond donors (Lipinski definition) is 2. The number of carbonyl (C=O) groups is 1. The van der Waals surface area contributed by atoms with E-state index < -0.39 is 23.3 Å². The number of nitrogens with one attached hydrogen (secondary N) is 2. The van der Waals surface area contributed by atoms with E-state index in [9.17, 15) is 13.6 Å². The van der Waals surface area contributed by atoms with Gasteiger partial charge in [-0.3, -0.25) is 0 Å². The van der Waals surface area contributed by atoms with Gasteiger partial charge >= 0.3 is 6.03 Å². The van der Waals surface area contributed by atoms with Crippen molar-refractivity contribution in [2.24, 2.45) is 5.92 Å². The smallest absolute Gasteiger partial charge is 0.320 e. The van der Waals surface area contributed by atoms with Crippen LogP contribution in [0.5, 0.6) is 0 Å². The van der Waals surface area contributed by atoms with E-state index in [1.165, 1.54) is 17.9 Å². The zero-order chi connectivity index (χ0) is 22.4. The van der Waals surface area contributed by atoms with E-state index in [1.54, 1.807) is 6.07 Å². The number of anilines is 1. The van der Waals surface area contributed by atoms with Crippen molar-refractivity contribution in [1.29, 1.82) is 0 Å². The summed E-state index contributed by atoms with van der Waals surface area (Å²) in [5, 5.41) is 9.22. The SMILES string of the molecule is COCc1cc(Cl)n(Cc2cc3c(cc2F)[C@@](C#CC2CC2)(C(C)(F)F)NC(=O)N3)n1. The van der Waals surface area contributed by atoms with Crippen LogP contribution in [0.4, 0.5) is 23.7 Å². The molecule has 1 aromatic carbocycles. The molecule has 2 amide bonds. The molecule has 0 radical (unpaired) electrons. The van der Waals surface area contributed by atoms with Gasteiger partial charge in [0.1, 0.15) is 11.0 Å². The molecule has 2 N–H and O–H groups in total. The summed E-state index contributed by atoms with van der Waals surface area (Å²) in [7, 11) is 1.51. The van der Waals surface area contributed by atoms with Gasteiger partial charge in [0.25, 0.3) is 5.92 Å². The van der Waals surface area contributed by atoms with Crippen LogP contribution in [-0.4, -0.2) is 28.8 Å². The second-order valence-corrected chi connectivity index (χ2v) is 8.19. The Balaban J connectivity index is 1.77. The lowest BCUT2D eigenvalue weighted by Gasteiger charge is -2.40. The van der Waals surface area contributed by atoms with Gasteiger partial charge in [-0.25, -0.2) is 22.6 Å². The van der Waals surface area contributed by atoms with Crippen LogP contribution in [0.15, 0.2) is 18.2 Å². The van der Waals surface area contributed by atoms with Gasteiger partial charge in [-0.1, -0.05) is 23.4 Å².